The van der Waals surface area contributed by atoms with Crippen LogP contribution in [0.25, 0.3) is 21.8 Å². The van der Waals surface area contributed by atoms with Crippen LogP contribution in [0.15, 0.2) is 71.7 Å². The van der Waals surface area contributed by atoms with Gasteiger partial charge in [-0.05, 0) is 32.0 Å². The molecule has 0 saturated heterocycles. The third-order valence-electron chi connectivity index (χ3n) is 4.34. The molecule has 4 aromatic rings. The molecule has 3 heterocycles. The van der Waals surface area contributed by atoms with E-state index >= 15 is 0 Å². The van der Waals surface area contributed by atoms with Crippen LogP contribution >= 0.6 is 11.3 Å². The smallest absolute Gasteiger partial charge is 0.276 e. The molecule has 30 heavy (non-hydrogen) atoms. The predicted molar refractivity (Wildman–Crippen MR) is 118 cm³/mol. The van der Waals surface area contributed by atoms with Crippen molar-refractivity contribution in [2.75, 3.05) is 5.32 Å². The van der Waals surface area contributed by atoms with Crippen molar-refractivity contribution in [3.05, 3.63) is 82.9 Å². The van der Waals surface area contributed by atoms with Crippen LogP contribution in [-0.2, 0) is 0 Å². The molecule has 0 aliphatic carbocycles. The average molecular weight is 417 g/mol. The molecule has 0 bridgehead atoms. The highest BCUT2D eigenvalue weighted by Gasteiger charge is 2.19. The van der Waals surface area contributed by atoms with Gasteiger partial charge in [0.1, 0.15) is 11.4 Å². The lowest BCUT2D eigenvalue weighted by Gasteiger charge is -2.09. The maximum absolute atomic E-state index is 12.5. The number of amides is 1. The summed E-state index contributed by atoms with van der Waals surface area (Å²) in [5.74, 6) is -0.337. The molecule has 1 N–H and O–H groups in total. The van der Waals surface area contributed by atoms with Crippen molar-refractivity contribution in [2.45, 2.75) is 19.9 Å². The van der Waals surface area contributed by atoms with Gasteiger partial charge >= 0.3 is 0 Å². The van der Waals surface area contributed by atoms with Crippen LogP contribution in [0.1, 0.15) is 30.4 Å². The van der Waals surface area contributed by atoms with Gasteiger partial charge in [-0.15, -0.1) is 0 Å². The van der Waals surface area contributed by atoms with Crippen molar-refractivity contribution in [2.24, 2.45) is 0 Å². The van der Waals surface area contributed by atoms with Crippen molar-refractivity contribution in [3.8, 4) is 21.8 Å². The van der Waals surface area contributed by atoms with E-state index in [1.807, 2.05) is 44.2 Å². The monoisotopic (exact) mass is 417 g/mol. The third-order valence-corrected chi connectivity index (χ3v) is 5.33. The third kappa shape index (κ3) is 4.04. The fraction of sp³-hybridized carbons (Fsp3) is 0.136. The molecule has 7 nitrogen and oxygen atoms in total. The SMILES string of the molecule is CC(C)n1nc(-c2sc(NC(=O)c3ccccn3)nc2-c2ccccc2)ccc1=O. The highest BCUT2D eigenvalue weighted by atomic mass is 32.1. The number of aromatic nitrogens is 4. The van der Waals surface area contributed by atoms with Crippen LogP contribution in [0.4, 0.5) is 5.13 Å². The Morgan fingerprint density at radius 2 is 1.80 bits per heavy atom. The largest absolute Gasteiger partial charge is 0.296 e. The molecule has 150 valence electrons. The molecule has 8 heteroatoms. The normalized spacial score (nSPS) is 10.9. The molecule has 0 aliphatic heterocycles. The molecule has 1 aromatic carbocycles. The molecule has 0 fully saturated rings. The van der Waals surface area contributed by atoms with Gasteiger partial charge in [-0.3, -0.25) is 19.9 Å². The van der Waals surface area contributed by atoms with Gasteiger partial charge in [0.2, 0.25) is 0 Å². The Morgan fingerprint density at radius 3 is 2.50 bits per heavy atom. The molecule has 0 radical (unpaired) electrons. The number of rotatable bonds is 5. The highest BCUT2D eigenvalue weighted by Crippen LogP contribution is 2.38. The second-order valence-corrected chi connectivity index (χ2v) is 7.83. The number of carbonyl (C=O) groups excluding carboxylic acids is 1. The van der Waals surface area contributed by atoms with Gasteiger partial charge in [0.25, 0.3) is 11.5 Å². The highest BCUT2D eigenvalue weighted by molar-refractivity contribution is 7.19. The van der Waals surface area contributed by atoms with Crippen LogP contribution in [0.5, 0.6) is 0 Å². The molecular formula is C22H19N5O2S. The Morgan fingerprint density at radius 1 is 1.03 bits per heavy atom. The van der Waals surface area contributed by atoms with Crippen molar-refractivity contribution in [1.82, 2.24) is 19.7 Å². The zero-order chi connectivity index (χ0) is 21.1. The van der Waals surface area contributed by atoms with Crippen molar-refractivity contribution >= 4 is 22.4 Å². The van der Waals surface area contributed by atoms with Gasteiger partial charge in [-0.1, -0.05) is 47.7 Å². The minimum atomic E-state index is -0.337. The first-order chi connectivity index (χ1) is 14.5. The van der Waals surface area contributed by atoms with Crippen LogP contribution < -0.4 is 10.9 Å². The minimum Gasteiger partial charge on any atom is -0.296 e. The van der Waals surface area contributed by atoms with E-state index in [0.717, 1.165) is 10.4 Å². The van der Waals surface area contributed by atoms with E-state index in [0.29, 0.717) is 22.2 Å². The fourth-order valence-corrected chi connectivity index (χ4v) is 3.86. The second-order valence-electron chi connectivity index (χ2n) is 6.83. The Bertz CT molecular complexity index is 1230. The molecule has 0 atom stereocenters. The Kier molecular flexibility index (Phi) is 5.49. The van der Waals surface area contributed by atoms with Gasteiger partial charge < -0.3 is 0 Å². The second kappa shape index (κ2) is 8.38. The maximum Gasteiger partial charge on any atom is 0.276 e. The van der Waals surface area contributed by atoms with Crippen LogP contribution in [0, 0.1) is 0 Å². The van der Waals surface area contributed by atoms with E-state index in [2.05, 4.69) is 20.4 Å². The zero-order valence-corrected chi connectivity index (χ0v) is 17.3. The summed E-state index contributed by atoms with van der Waals surface area (Å²) < 4.78 is 1.44. The lowest BCUT2D eigenvalue weighted by Crippen LogP contribution is -2.23. The van der Waals surface area contributed by atoms with Crippen LogP contribution in [0.3, 0.4) is 0 Å². The number of hydrogen-bond acceptors (Lipinski definition) is 6. The fourth-order valence-electron chi connectivity index (χ4n) is 2.91. The van der Waals surface area contributed by atoms with Crippen molar-refractivity contribution in [1.29, 1.82) is 0 Å². The van der Waals surface area contributed by atoms with Gasteiger partial charge in [-0.2, -0.15) is 5.10 Å². The minimum absolute atomic E-state index is 0.0751. The summed E-state index contributed by atoms with van der Waals surface area (Å²) in [5.41, 5.74) is 2.35. The quantitative estimate of drug-likeness (QED) is 0.524. The lowest BCUT2D eigenvalue weighted by atomic mass is 10.1. The van der Waals surface area contributed by atoms with Crippen molar-refractivity contribution < 1.29 is 4.79 Å². The first-order valence-electron chi connectivity index (χ1n) is 9.42. The molecular weight excluding hydrogens is 398 g/mol. The van der Waals surface area contributed by atoms with E-state index in [1.165, 1.54) is 22.1 Å². The molecule has 0 spiro atoms. The van der Waals surface area contributed by atoms with Crippen molar-refractivity contribution in [3.63, 3.8) is 0 Å². The van der Waals surface area contributed by atoms with E-state index < -0.39 is 0 Å². The zero-order valence-electron chi connectivity index (χ0n) is 16.4. The van der Waals surface area contributed by atoms with E-state index in [4.69, 9.17) is 0 Å². The average Bonchev–Trinajstić information content (AvgIpc) is 3.19. The summed E-state index contributed by atoms with van der Waals surface area (Å²) in [6.07, 6.45) is 1.57. The Balaban J connectivity index is 1.79. The molecule has 0 unspecified atom stereocenters. The first kappa shape index (κ1) is 19.7. The summed E-state index contributed by atoms with van der Waals surface area (Å²) in [6, 6.07) is 17.9. The van der Waals surface area contributed by atoms with E-state index in [-0.39, 0.29) is 17.5 Å². The molecule has 1 amide bonds. The van der Waals surface area contributed by atoms with Crippen LogP contribution in [-0.4, -0.2) is 25.7 Å². The van der Waals surface area contributed by atoms with E-state index in [1.54, 1.807) is 30.5 Å². The van der Waals surface area contributed by atoms with Gasteiger partial charge in [0.05, 0.1) is 16.6 Å². The Labute approximate surface area is 177 Å². The molecule has 0 saturated carbocycles. The summed E-state index contributed by atoms with van der Waals surface area (Å²) in [7, 11) is 0. The topological polar surface area (TPSA) is 89.8 Å². The summed E-state index contributed by atoms with van der Waals surface area (Å²) in [6.45, 7) is 3.81. The first-order valence-corrected chi connectivity index (χ1v) is 10.2. The number of anilines is 1. The van der Waals surface area contributed by atoms with E-state index in [9.17, 15) is 9.59 Å². The molecule has 4 rings (SSSR count). The maximum atomic E-state index is 12.5. The number of nitrogens with zero attached hydrogens (tertiary/aromatic N) is 4. The predicted octanol–water partition coefficient (Wildman–Crippen LogP) is 4.26. The number of thiazole rings is 1. The summed E-state index contributed by atoms with van der Waals surface area (Å²) >= 11 is 1.31. The number of carbonyl (C=O) groups is 1. The van der Waals surface area contributed by atoms with Gasteiger partial charge in [0.15, 0.2) is 5.13 Å². The summed E-state index contributed by atoms with van der Waals surface area (Å²) in [5, 5.41) is 7.78. The Hall–Kier alpha value is -3.65. The number of nitrogens with one attached hydrogen (secondary N) is 1. The summed E-state index contributed by atoms with van der Waals surface area (Å²) in [4.78, 5) is 34.2. The van der Waals surface area contributed by atoms with Gasteiger partial charge in [-0.25, -0.2) is 9.67 Å². The van der Waals surface area contributed by atoms with Gasteiger partial charge in [0, 0.05) is 17.8 Å². The molecule has 3 aromatic heterocycles. The lowest BCUT2D eigenvalue weighted by molar-refractivity contribution is 0.102. The number of benzene rings is 1. The number of pyridine rings is 1. The molecule has 0 aliphatic rings. The number of hydrogen-bond donors (Lipinski definition) is 1. The standard InChI is InChI=1S/C22H19N5O2S/c1-14(2)27-18(28)12-11-16(26-27)20-19(15-8-4-3-5-9-15)24-22(30-20)25-21(29)17-10-6-7-13-23-17/h3-14H,1-2H3,(H,24,25,29). The van der Waals surface area contributed by atoms with Crippen LogP contribution in [0.2, 0.25) is 0 Å².